The predicted molar refractivity (Wildman–Crippen MR) is 84.7 cm³/mol. The Hall–Kier alpha value is -1.61. The Balaban J connectivity index is 1.80. The van der Waals surface area contributed by atoms with Crippen LogP contribution in [0.1, 0.15) is 29.5 Å². The number of nitrogens with one attached hydrogen (secondary N) is 1. The smallest absolute Gasteiger partial charge is 0.0569 e. The van der Waals surface area contributed by atoms with Gasteiger partial charge in [-0.1, -0.05) is 34.1 Å². The summed E-state index contributed by atoms with van der Waals surface area (Å²) in [5.74, 6) is 1.09. The molecule has 0 saturated heterocycles. The van der Waals surface area contributed by atoms with Crippen LogP contribution in [0.4, 0.5) is 5.69 Å². The number of pyridine rings is 1. The molecular formula is C17H15BrN2. The van der Waals surface area contributed by atoms with Gasteiger partial charge in [-0.15, -0.1) is 0 Å². The fourth-order valence-electron chi connectivity index (χ4n) is 3.46. The summed E-state index contributed by atoms with van der Waals surface area (Å²) in [5, 5.41) is 3.71. The Morgan fingerprint density at radius 3 is 3.05 bits per heavy atom. The number of fused-ring (bicyclic) bond motifs is 3. The molecule has 2 heterocycles. The first-order chi connectivity index (χ1) is 9.83. The SMILES string of the molecule is Brc1ccc2c(c1)C1C=CCC1C(c1cccnc1)N2. The number of aromatic nitrogens is 1. The molecule has 0 fully saturated rings. The van der Waals surface area contributed by atoms with Crippen LogP contribution in [0, 0.1) is 5.92 Å². The minimum atomic E-state index is 0.345. The summed E-state index contributed by atoms with van der Waals surface area (Å²) in [7, 11) is 0. The van der Waals surface area contributed by atoms with Crippen LogP contribution < -0.4 is 5.32 Å². The molecule has 20 heavy (non-hydrogen) atoms. The monoisotopic (exact) mass is 326 g/mol. The third kappa shape index (κ3) is 1.88. The quantitative estimate of drug-likeness (QED) is 0.770. The van der Waals surface area contributed by atoms with E-state index in [0.717, 1.165) is 10.9 Å². The normalized spacial score (nSPS) is 26.8. The highest BCUT2D eigenvalue weighted by atomic mass is 79.9. The topological polar surface area (TPSA) is 24.9 Å². The van der Waals surface area contributed by atoms with Gasteiger partial charge >= 0.3 is 0 Å². The highest BCUT2D eigenvalue weighted by Gasteiger charge is 2.37. The van der Waals surface area contributed by atoms with Crippen LogP contribution in [-0.4, -0.2) is 4.98 Å². The molecule has 0 spiro atoms. The molecule has 3 heteroatoms. The second kappa shape index (κ2) is 4.74. The first-order valence-corrected chi connectivity index (χ1v) is 7.75. The molecule has 1 aliphatic carbocycles. The van der Waals surface area contributed by atoms with Crippen LogP contribution in [0.15, 0.2) is 59.4 Å². The molecule has 0 bridgehead atoms. The number of anilines is 1. The Kier molecular flexibility index (Phi) is 2.88. The zero-order chi connectivity index (χ0) is 13.5. The van der Waals surface area contributed by atoms with Crippen LogP contribution in [-0.2, 0) is 0 Å². The zero-order valence-electron chi connectivity index (χ0n) is 11.0. The van der Waals surface area contributed by atoms with Crippen molar-refractivity contribution in [3.05, 3.63) is 70.5 Å². The van der Waals surface area contributed by atoms with Gasteiger partial charge in [0.2, 0.25) is 0 Å². The molecule has 3 atom stereocenters. The van der Waals surface area contributed by atoms with E-state index in [2.05, 4.69) is 62.6 Å². The first-order valence-electron chi connectivity index (χ1n) is 6.95. The average molecular weight is 327 g/mol. The third-order valence-electron chi connectivity index (χ3n) is 4.37. The largest absolute Gasteiger partial charge is 0.378 e. The molecule has 0 radical (unpaired) electrons. The molecule has 4 rings (SSSR count). The molecular weight excluding hydrogens is 312 g/mol. The highest BCUT2D eigenvalue weighted by molar-refractivity contribution is 9.10. The minimum absolute atomic E-state index is 0.345. The summed E-state index contributed by atoms with van der Waals surface area (Å²) in [6.45, 7) is 0. The first kappa shape index (κ1) is 12.2. The molecule has 2 aromatic rings. The van der Waals surface area contributed by atoms with Crippen LogP contribution in [0.2, 0.25) is 0 Å². The maximum absolute atomic E-state index is 4.28. The van der Waals surface area contributed by atoms with Crippen molar-refractivity contribution >= 4 is 21.6 Å². The Morgan fingerprint density at radius 2 is 2.20 bits per heavy atom. The van der Waals surface area contributed by atoms with E-state index in [-0.39, 0.29) is 0 Å². The van der Waals surface area contributed by atoms with Crippen molar-refractivity contribution in [3.63, 3.8) is 0 Å². The molecule has 1 aliphatic heterocycles. The van der Waals surface area contributed by atoms with Gasteiger partial charge in [0.1, 0.15) is 0 Å². The minimum Gasteiger partial charge on any atom is -0.378 e. The number of allylic oxidation sites excluding steroid dienone is 2. The van der Waals surface area contributed by atoms with Crippen LogP contribution >= 0.6 is 15.9 Å². The number of halogens is 1. The summed E-state index contributed by atoms with van der Waals surface area (Å²) < 4.78 is 1.15. The molecule has 3 unspecified atom stereocenters. The molecule has 2 nitrogen and oxygen atoms in total. The van der Waals surface area contributed by atoms with E-state index in [1.807, 2.05) is 18.5 Å². The predicted octanol–water partition coefficient (Wildman–Crippen LogP) is 4.67. The molecule has 1 aromatic carbocycles. The number of nitrogens with zero attached hydrogens (tertiary/aromatic N) is 1. The fourth-order valence-corrected chi connectivity index (χ4v) is 3.83. The standard InChI is InChI=1S/C17H15BrN2/c18-12-6-7-16-15(9-12)13-4-1-5-14(13)17(20-16)11-3-2-8-19-10-11/h1-4,6-10,13-14,17,20H,5H2. The second-order valence-electron chi connectivity index (χ2n) is 5.49. The maximum atomic E-state index is 4.28. The highest BCUT2D eigenvalue weighted by Crippen LogP contribution is 2.50. The summed E-state index contributed by atoms with van der Waals surface area (Å²) >= 11 is 3.59. The lowest BCUT2D eigenvalue weighted by Gasteiger charge is -2.37. The van der Waals surface area contributed by atoms with E-state index >= 15 is 0 Å². The van der Waals surface area contributed by atoms with Gasteiger partial charge in [-0.2, -0.15) is 0 Å². The molecule has 0 saturated carbocycles. The zero-order valence-corrected chi connectivity index (χ0v) is 12.5. The fraction of sp³-hybridized carbons (Fsp3) is 0.235. The molecule has 0 amide bonds. The second-order valence-corrected chi connectivity index (χ2v) is 6.41. The van der Waals surface area contributed by atoms with Crippen molar-refractivity contribution in [2.24, 2.45) is 5.92 Å². The number of benzene rings is 1. The van der Waals surface area contributed by atoms with Crippen molar-refractivity contribution in [1.29, 1.82) is 0 Å². The van der Waals surface area contributed by atoms with E-state index in [4.69, 9.17) is 0 Å². The van der Waals surface area contributed by atoms with Gasteiger partial charge in [0.25, 0.3) is 0 Å². The van der Waals surface area contributed by atoms with Gasteiger partial charge in [0, 0.05) is 28.5 Å². The Labute approximate surface area is 127 Å². The van der Waals surface area contributed by atoms with Crippen molar-refractivity contribution in [2.75, 3.05) is 5.32 Å². The maximum Gasteiger partial charge on any atom is 0.0569 e. The van der Waals surface area contributed by atoms with Gasteiger partial charge < -0.3 is 5.32 Å². The van der Waals surface area contributed by atoms with Crippen molar-refractivity contribution in [3.8, 4) is 0 Å². The number of hydrogen-bond acceptors (Lipinski definition) is 2. The molecule has 100 valence electrons. The van der Waals surface area contributed by atoms with Crippen molar-refractivity contribution in [2.45, 2.75) is 18.4 Å². The van der Waals surface area contributed by atoms with E-state index in [9.17, 15) is 0 Å². The van der Waals surface area contributed by atoms with E-state index < -0.39 is 0 Å². The lowest BCUT2D eigenvalue weighted by Crippen LogP contribution is -2.29. The van der Waals surface area contributed by atoms with Crippen molar-refractivity contribution in [1.82, 2.24) is 4.98 Å². The Morgan fingerprint density at radius 1 is 1.25 bits per heavy atom. The van der Waals surface area contributed by atoms with Crippen LogP contribution in [0.5, 0.6) is 0 Å². The van der Waals surface area contributed by atoms with Crippen LogP contribution in [0.25, 0.3) is 0 Å². The summed E-state index contributed by atoms with van der Waals surface area (Å²) in [6, 6.07) is 11.1. The van der Waals surface area contributed by atoms with E-state index in [1.165, 1.54) is 16.8 Å². The summed E-state index contributed by atoms with van der Waals surface area (Å²) in [4.78, 5) is 4.28. The van der Waals surface area contributed by atoms with Gasteiger partial charge in [-0.3, -0.25) is 4.98 Å². The van der Waals surface area contributed by atoms with Gasteiger partial charge in [-0.05, 0) is 47.7 Å². The lowest BCUT2D eigenvalue weighted by atomic mass is 9.77. The molecule has 2 aliphatic rings. The molecule has 1 N–H and O–H groups in total. The molecule has 1 aromatic heterocycles. The van der Waals surface area contributed by atoms with Crippen LogP contribution in [0.3, 0.4) is 0 Å². The average Bonchev–Trinajstić information content (AvgIpc) is 2.97. The summed E-state index contributed by atoms with van der Waals surface area (Å²) in [5.41, 5.74) is 3.92. The van der Waals surface area contributed by atoms with Gasteiger partial charge in [0.15, 0.2) is 0 Å². The number of hydrogen-bond donors (Lipinski definition) is 1. The number of rotatable bonds is 1. The van der Waals surface area contributed by atoms with E-state index in [0.29, 0.717) is 17.9 Å². The lowest BCUT2D eigenvalue weighted by molar-refractivity contribution is 0.425. The summed E-state index contributed by atoms with van der Waals surface area (Å²) in [6.07, 6.45) is 9.62. The van der Waals surface area contributed by atoms with Gasteiger partial charge in [-0.25, -0.2) is 0 Å². The van der Waals surface area contributed by atoms with E-state index in [1.54, 1.807) is 0 Å². The van der Waals surface area contributed by atoms with Crippen molar-refractivity contribution < 1.29 is 0 Å². The van der Waals surface area contributed by atoms with Gasteiger partial charge in [0.05, 0.1) is 6.04 Å². The third-order valence-corrected chi connectivity index (χ3v) is 4.86. The Bertz CT molecular complexity index is 666.